The first-order chi connectivity index (χ1) is 7.27. The predicted octanol–water partition coefficient (Wildman–Crippen LogP) is 5.42. The lowest BCUT2D eigenvalue weighted by Crippen LogP contribution is -2.04. The third-order valence-corrected chi connectivity index (χ3v) is 4.38. The van der Waals surface area contributed by atoms with Crippen molar-refractivity contribution in [1.82, 2.24) is 0 Å². The summed E-state index contributed by atoms with van der Waals surface area (Å²) in [5, 5.41) is 0. The van der Waals surface area contributed by atoms with Gasteiger partial charge in [-0.25, -0.2) is 0 Å². The van der Waals surface area contributed by atoms with Crippen molar-refractivity contribution in [3.63, 3.8) is 0 Å². The van der Waals surface area contributed by atoms with Crippen molar-refractivity contribution in [2.24, 2.45) is 17.8 Å². The maximum atomic E-state index is 2.43. The first kappa shape index (κ1) is 13.1. The van der Waals surface area contributed by atoms with Crippen molar-refractivity contribution in [1.29, 1.82) is 0 Å². The smallest absolute Gasteiger partial charge is 0.0386 e. The molecule has 0 spiro atoms. The Morgan fingerprint density at radius 3 is 1.60 bits per heavy atom. The molecule has 0 radical (unpaired) electrons. The van der Waals surface area contributed by atoms with Gasteiger partial charge in [0.1, 0.15) is 0 Å². The van der Waals surface area contributed by atoms with E-state index in [4.69, 9.17) is 0 Å². The molecule has 2 rings (SSSR count). The number of fused-ring (bicyclic) bond motifs is 1. The van der Waals surface area contributed by atoms with Gasteiger partial charge in [0.25, 0.3) is 0 Å². The lowest BCUT2D eigenvalue weighted by atomic mass is 9.92. The Bertz CT molecular complexity index is 134. The van der Waals surface area contributed by atoms with Crippen molar-refractivity contribution in [2.75, 3.05) is 0 Å². The third-order valence-electron chi connectivity index (χ3n) is 4.38. The van der Waals surface area contributed by atoms with E-state index in [2.05, 4.69) is 20.8 Å². The van der Waals surface area contributed by atoms with Gasteiger partial charge in [-0.2, -0.15) is 0 Å². The van der Waals surface area contributed by atoms with Gasteiger partial charge in [-0.05, 0) is 30.6 Å². The maximum Gasteiger partial charge on any atom is -0.0386 e. The Labute approximate surface area is 96.8 Å². The van der Waals surface area contributed by atoms with Gasteiger partial charge in [-0.15, -0.1) is 0 Å². The van der Waals surface area contributed by atoms with Gasteiger partial charge in [-0.3, -0.25) is 0 Å². The first-order valence-corrected chi connectivity index (χ1v) is 7.27. The summed E-state index contributed by atoms with van der Waals surface area (Å²) in [6, 6.07) is 0. The summed E-state index contributed by atoms with van der Waals surface area (Å²) in [5.41, 5.74) is 0. The lowest BCUT2D eigenvalue weighted by Gasteiger charge is -2.14. The topological polar surface area (TPSA) is 0 Å². The van der Waals surface area contributed by atoms with Gasteiger partial charge >= 0.3 is 0 Å². The van der Waals surface area contributed by atoms with Crippen molar-refractivity contribution < 1.29 is 0 Å². The summed E-state index contributed by atoms with van der Waals surface area (Å²) in [4.78, 5) is 0. The Morgan fingerprint density at radius 2 is 1.20 bits per heavy atom. The minimum Gasteiger partial charge on any atom is -0.0654 e. The zero-order chi connectivity index (χ0) is 11.1. The van der Waals surface area contributed by atoms with Crippen LogP contribution in [-0.2, 0) is 0 Å². The molecule has 2 aliphatic carbocycles. The normalized spacial score (nSPS) is 35.0. The van der Waals surface area contributed by atoms with Crippen LogP contribution in [0.4, 0.5) is 0 Å². The van der Waals surface area contributed by atoms with Gasteiger partial charge in [0.2, 0.25) is 0 Å². The number of hydrogen-bond donors (Lipinski definition) is 0. The molecule has 2 fully saturated rings. The van der Waals surface area contributed by atoms with E-state index in [0.717, 1.165) is 17.8 Å². The molecule has 0 heteroatoms. The summed E-state index contributed by atoms with van der Waals surface area (Å²) >= 11 is 0. The molecule has 2 unspecified atom stereocenters. The summed E-state index contributed by atoms with van der Waals surface area (Å²) in [6.45, 7) is 6.79. The average molecular weight is 210 g/mol. The fourth-order valence-electron chi connectivity index (χ4n) is 3.02. The van der Waals surface area contributed by atoms with Crippen molar-refractivity contribution in [3.8, 4) is 0 Å². The molecular formula is C15H30. The van der Waals surface area contributed by atoms with Crippen molar-refractivity contribution in [3.05, 3.63) is 0 Å². The largest absolute Gasteiger partial charge is 0.0654 e. The molecule has 0 aromatic heterocycles. The molecule has 2 saturated carbocycles. The average Bonchev–Trinajstić information content (AvgIpc) is 2.64. The predicted molar refractivity (Wildman–Crippen MR) is 69.0 cm³/mol. The molecular weight excluding hydrogens is 180 g/mol. The fourth-order valence-corrected chi connectivity index (χ4v) is 3.02. The summed E-state index contributed by atoms with van der Waals surface area (Å²) in [7, 11) is 0. The molecule has 0 bridgehead atoms. The van der Waals surface area contributed by atoms with E-state index in [1.807, 2.05) is 0 Å². The van der Waals surface area contributed by atoms with E-state index < -0.39 is 0 Å². The van der Waals surface area contributed by atoms with Crippen LogP contribution in [-0.4, -0.2) is 0 Å². The van der Waals surface area contributed by atoms with Crippen molar-refractivity contribution >= 4 is 0 Å². The second-order valence-electron chi connectivity index (χ2n) is 5.71. The standard InChI is InChI=1S/C11H20.C4H10/c1-9-5-7-10-3-2-4-11(10)8-6-9;1-3-4-2/h9-11H,2-8H2,1H3;3-4H2,1-2H3. The number of rotatable bonds is 1. The van der Waals surface area contributed by atoms with E-state index in [0.29, 0.717) is 0 Å². The number of hydrogen-bond acceptors (Lipinski definition) is 0. The van der Waals surface area contributed by atoms with Crippen LogP contribution in [0.3, 0.4) is 0 Å². The summed E-state index contributed by atoms with van der Waals surface area (Å²) in [5.74, 6) is 3.31. The van der Waals surface area contributed by atoms with E-state index in [1.54, 1.807) is 25.7 Å². The van der Waals surface area contributed by atoms with Crippen LogP contribution in [0.15, 0.2) is 0 Å². The molecule has 2 atom stereocenters. The van der Waals surface area contributed by atoms with Crippen molar-refractivity contribution in [2.45, 2.75) is 78.6 Å². The van der Waals surface area contributed by atoms with E-state index in [-0.39, 0.29) is 0 Å². The van der Waals surface area contributed by atoms with Crippen LogP contribution >= 0.6 is 0 Å². The van der Waals surface area contributed by atoms with Crippen LogP contribution in [0.1, 0.15) is 78.6 Å². The van der Waals surface area contributed by atoms with Crippen LogP contribution in [0, 0.1) is 17.8 Å². The van der Waals surface area contributed by atoms with E-state index in [1.165, 1.54) is 32.1 Å². The van der Waals surface area contributed by atoms with E-state index in [9.17, 15) is 0 Å². The number of unbranched alkanes of at least 4 members (excludes halogenated alkanes) is 1. The highest BCUT2D eigenvalue weighted by Crippen LogP contribution is 2.42. The van der Waals surface area contributed by atoms with Crippen LogP contribution in [0.2, 0.25) is 0 Å². The van der Waals surface area contributed by atoms with Gasteiger partial charge in [0.15, 0.2) is 0 Å². The Kier molecular flexibility index (Phi) is 6.36. The second kappa shape index (κ2) is 7.30. The van der Waals surface area contributed by atoms with Gasteiger partial charge in [-0.1, -0.05) is 65.7 Å². The SMILES string of the molecule is CC1CCC2CCCC2CC1.CCCC. The molecule has 0 amide bonds. The second-order valence-corrected chi connectivity index (χ2v) is 5.71. The molecule has 0 aliphatic heterocycles. The van der Waals surface area contributed by atoms with Crippen LogP contribution in [0.25, 0.3) is 0 Å². The summed E-state index contributed by atoms with van der Waals surface area (Å²) in [6.07, 6.45) is 13.4. The minimum absolute atomic E-state index is 1.03. The highest BCUT2D eigenvalue weighted by molar-refractivity contribution is 4.81. The highest BCUT2D eigenvalue weighted by atomic mass is 14.3. The monoisotopic (exact) mass is 210 g/mol. The van der Waals surface area contributed by atoms with Crippen LogP contribution in [0.5, 0.6) is 0 Å². The first-order valence-electron chi connectivity index (χ1n) is 7.27. The molecule has 0 aromatic carbocycles. The third kappa shape index (κ3) is 4.57. The molecule has 2 aliphatic rings. The van der Waals surface area contributed by atoms with Gasteiger partial charge in [0, 0.05) is 0 Å². The Morgan fingerprint density at radius 1 is 0.733 bits per heavy atom. The molecule has 0 nitrogen and oxygen atoms in total. The molecule has 0 heterocycles. The van der Waals surface area contributed by atoms with Gasteiger partial charge < -0.3 is 0 Å². The Balaban J connectivity index is 0.000000245. The summed E-state index contributed by atoms with van der Waals surface area (Å²) < 4.78 is 0. The molecule has 0 saturated heterocycles. The molecule has 15 heavy (non-hydrogen) atoms. The maximum absolute atomic E-state index is 2.43. The van der Waals surface area contributed by atoms with E-state index >= 15 is 0 Å². The highest BCUT2D eigenvalue weighted by Gasteiger charge is 2.29. The lowest BCUT2D eigenvalue weighted by molar-refractivity contribution is 0.367. The molecule has 90 valence electrons. The van der Waals surface area contributed by atoms with Gasteiger partial charge in [0.05, 0.1) is 0 Å². The quantitative estimate of drug-likeness (QED) is 0.542. The molecule has 0 aromatic rings. The molecule has 0 N–H and O–H groups in total. The zero-order valence-corrected chi connectivity index (χ0v) is 11.1. The fraction of sp³-hybridized carbons (Fsp3) is 1.00. The Hall–Kier alpha value is 0. The zero-order valence-electron chi connectivity index (χ0n) is 11.1. The minimum atomic E-state index is 1.03. The van der Waals surface area contributed by atoms with Crippen LogP contribution < -0.4 is 0 Å².